The van der Waals surface area contributed by atoms with Crippen LogP contribution < -0.4 is 10.1 Å². The summed E-state index contributed by atoms with van der Waals surface area (Å²) in [6.07, 6.45) is 3.08. The van der Waals surface area contributed by atoms with E-state index in [0.29, 0.717) is 6.04 Å². The molecule has 0 aliphatic carbocycles. The summed E-state index contributed by atoms with van der Waals surface area (Å²) in [4.78, 5) is 14.2. The molecule has 1 aromatic rings. The van der Waals surface area contributed by atoms with Gasteiger partial charge in [0.05, 0.1) is 0 Å². The number of amides is 1. The molecule has 1 aliphatic heterocycles. The molecule has 0 saturated carbocycles. The lowest BCUT2D eigenvalue weighted by Gasteiger charge is -2.24. The van der Waals surface area contributed by atoms with Gasteiger partial charge in [-0.1, -0.05) is 25.1 Å². The standard InChI is InChI=1S/C16H24N2O2/c1-3-13-7-4-5-9-15(13)20-12-16(19)18-10-6-8-14(18)11-17-2/h4-5,7,9,14,17H,3,6,8,10-12H2,1-2H3/t14-/m0/s1. The molecule has 1 saturated heterocycles. The Labute approximate surface area is 121 Å². The van der Waals surface area contributed by atoms with Crippen molar-refractivity contribution in [2.45, 2.75) is 32.2 Å². The molecule has 2 rings (SSSR count). The molecule has 1 amide bonds. The minimum Gasteiger partial charge on any atom is -0.483 e. The van der Waals surface area contributed by atoms with Crippen LogP contribution in [0.5, 0.6) is 5.75 Å². The van der Waals surface area contributed by atoms with Gasteiger partial charge in [0.25, 0.3) is 5.91 Å². The van der Waals surface area contributed by atoms with E-state index in [2.05, 4.69) is 12.2 Å². The molecule has 1 fully saturated rings. The average molecular weight is 276 g/mol. The van der Waals surface area contributed by atoms with Gasteiger partial charge in [-0.25, -0.2) is 0 Å². The summed E-state index contributed by atoms with van der Waals surface area (Å²) in [6.45, 7) is 3.94. The van der Waals surface area contributed by atoms with Gasteiger partial charge in [-0.05, 0) is 37.9 Å². The minimum atomic E-state index is 0.0913. The van der Waals surface area contributed by atoms with Gasteiger partial charge in [-0.2, -0.15) is 0 Å². The molecule has 110 valence electrons. The van der Waals surface area contributed by atoms with Crippen LogP contribution in [0.2, 0.25) is 0 Å². The summed E-state index contributed by atoms with van der Waals surface area (Å²) >= 11 is 0. The Morgan fingerprint density at radius 2 is 2.25 bits per heavy atom. The van der Waals surface area contributed by atoms with Crippen LogP contribution in [-0.4, -0.2) is 43.6 Å². The number of nitrogens with one attached hydrogen (secondary N) is 1. The van der Waals surface area contributed by atoms with Gasteiger partial charge >= 0.3 is 0 Å². The quantitative estimate of drug-likeness (QED) is 0.862. The molecular weight excluding hydrogens is 252 g/mol. The number of benzene rings is 1. The molecule has 20 heavy (non-hydrogen) atoms. The Morgan fingerprint density at radius 3 is 3.00 bits per heavy atom. The smallest absolute Gasteiger partial charge is 0.260 e. The van der Waals surface area contributed by atoms with Crippen LogP contribution in [0.25, 0.3) is 0 Å². The molecule has 1 aliphatic rings. The number of likely N-dealkylation sites (N-methyl/N-ethyl adjacent to an activating group) is 1. The Balaban J connectivity index is 1.91. The van der Waals surface area contributed by atoms with Gasteiger partial charge in [0, 0.05) is 19.1 Å². The zero-order valence-corrected chi connectivity index (χ0v) is 12.4. The first-order valence-corrected chi connectivity index (χ1v) is 7.41. The number of hydrogen-bond donors (Lipinski definition) is 1. The van der Waals surface area contributed by atoms with Crippen molar-refractivity contribution in [3.63, 3.8) is 0 Å². The fourth-order valence-electron chi connectivity index (χ4n) is 2.77. The van der Waals surface area contributed by atoms with E-state index >= 15 is 0 Å². The summed E-state index contributed by atoms with van der Waals surface area (Å²) < 4.78 is 5.72. The molecule has 4 nitrogen and oxygen atoms in total. The Morgan fingerprint density at radius 1 is 1.45 bits per heavy atom. The Bertz CT molecular complexity index is 448. The van der Waals surface area contributed by atoms with Gasteiger partial charge in [-0.3, -0.25) is 4.79 Å². The van der Waals surface area contributed by atoms with Gasteiger partial charge in [0.2, 0.25) is 0 Å². The second-order valence-corrected chi connectivity index (χ2v) is 5.19. The molecule has 0 aromatic heterocycles. The predicted octanol–water partition coefficient (Wildman–Crippen LogP) is 1.84. The van der Waals surface area contributed by atoms with Crippen molar-refractivity contribution in [1.29, 1.82) is 0 Å². The number of hydrogen-bond acceptors (Lipinski definition) is 3. The first kappa shape index (κ1) is 14.9. The van der Waals surface area contributed by atoms with E-state index in [1.165, 1.54) is 0 Å². The van der Waals surface area contributed by atoms with Crippen molar-refractivity contribution in [3.05, 3.63) is 29.8 Å². The Kier molecular flexibility index (Phi) is 5.41. The summed E-state index contributed by atoms with van der Waals surface area (Å²) in [6, 6.07) is 8.23. The number of aryl methyl sites for hydroxylation is 1. The second kappa shape index (κ2) is 7.29. The number of carbonyl (C=O) groups excluding carboxylic acids is 1. The lowest BCUT2D eigenvalue weighted by Crippen LogP contribution is -2.43. The first-order valence-electron chi connectivity index (χ1n) is 7.41. The zero-order valence-electron chi connectivity index (χ0n) is 12.4. The lowest BCUT2D eigenvalue weighted by molar-refractivity contribution is -0.134. The zero-order chi connectivity index (χ0) is 14.4. The van der Waals surface area contributed by atoms with Crippen LogP contribution >= 0.6 is 0 Å². The molecule has 1 heterocycles. The van der Waals surface area contributed by atoms with Gasteiger partial charge in [0.15, 0.2) is 6.61 Å². The third-order valence-corrected chi connectivity index (χ3v) is 3.84. The fraction of sp³-hybridized carbons (Fsp3) is 0.562. The molecule has 1 N–H and O–H groups in total. The van der Waals surface area contributed by atoms with Crippen molar-refractivity contribution >= 4 is 5.91 Å². The topological polar surface area (TPSA) is 41.6 Å². The number of likely N-dealkylation sites (tertiary alicyclic amines) is 1. The van der Waals surface area contributed by atoms with E-state index < -0.39 is 0 Å². The minimum absolute atomic E-state index is 0.0913. The summed E-state index contributed by atoms with van der Waals surface area (Å²) in [5, 5.41) is 3.15. The van der Waals surface area contributed by atoms with E-state index in [1.807, 2.05) is 36.2 Å². The molecule has 0 radical (unpaired) electrons. The van der Waals surface area contributed by atoms with Gasteiger partial charge < -0.3 is 15.0 Å². The molecule has 0 unspecified atom stereocenters. The van der Waals surface area contributed by atoms with Gasteiger partial charge in [0.1, 0.15) is 5.75 Å². The van der Waals surface area contributed by atoms with Crippen molar-refractivity contribution in [2.24, 2.45) is 0 Å². The van der Waals surface area contributed by atoms with Crippen LogP contribution in [0.4, 0.5) is 0 Å². The molecule has 1 aromatic carbocycles. The third-order valence-electron chi connectivity index (χ3n) is 3.84. The SMILES string of the molecule is CCc1ccccc1OCC(=O)N1CCC[C@H]1CNC. The van der Waals surface area contributed by atoms with E-state index in [9.17, 15) is 4.79 Å². The van der Waals surface area contributed by atoms with Crippen LogP contribution in [-0.2, 0) is 11.2 Å². The second-order valence-electron chi connectivity index (χ2n) is 5.19. The number of para-hydroxylation sites is 1. The van der Waals surface area contributed by atoms with E-state index in [-0.39, 0.29) is 12.5 Å². The fourth-order valence-corrected chi connectivity index (χ4v) is 2.77. The maximum absolute atomic E-state index is 12.3. The summed E-state index contributed by atoms with van der Waals surface area (Å²) in [5.41, 5.74) is 1.15. The molecule has 4 heteroatoms. The summed E-state index contributed by atoms with van der Waals surface area (Å²) in [5.74, 6) is 0.918. The summed E-state index contributed by atoms with van der Waals surface area (Å²) in [7, 11) is 1.93. The lowest BCUT2D eigenvalue weighted by atomic mass is 10.1. The average Bonchev–Trinajstić information content (AvgIpc) is 2.94. The number of carbonyl (C=O) groups is 1. The van der Waals surface area contributed by atoms with E-state index in [4.69, 9.17) is 4.74 Å². The normalized spacial score (nSPS) is 18.3. The maximum atomic E-state index is 12.3. The highest BCUT2D eigenvalue weighted by Gasteiger charge is 2.28. The predicted molar refractivity (Wildman–Crippen MR) is 80.0 cm³/mol. The highest BCUT2D eigenvalue weighted by Crippen LogP contribution is 2.20. The van der Waals surface area contributed by atoms with E-state index in [0.717, 1.165) is 43.7 Å². The monoisotopic (exact) mass is 276 g/mol. The van der Waals surface area contributed by atoms with Crippen molar-refractivity contribution in [3.8, 4) is 5.75 Å². The first-order chi connectivity index (χ1) is 9.76. The Hall–Kier alpha value is -1.55. The van der Waals surface area contributed by atoms with Crippen LogP contribution in [0.15, 0.2) is 24.3 Å². The van der Waals surface area contributed by atoms with Crippen molar-refractivity contribution < 1.29 is 9.53 Å². The third kappa shape index (κ3) is 3.51. The molecular formula is C16H24N2O2. The highest BCUT2D eigenvalue weighted by molar-refractivity contribution is 5.78. The van der Waals surface area contributed by atoms with Crippen LogP contribution in [0, 0.1) is 0 Å². The van der Waals surface area contributed by atoms with E-state index in [1.54, 1.807) is 0 Å². The number of nitrogens with zero attached hydrogens (tertiary/aromatic N) is 1. The molecule has 0 spiro atoms. The van der Waals surface area contributed by atoms with Crippen LogP contribution in [0.1, 0.15) is 25.3 Å². The van der Waals surface area contributed by atoms with Crippen molar-refractivity contribution in [2.75, 3.05) is 26.7 Å². The number of rotatable bonds is 6. The highest BCUT2D eigenvalue weighted by atomic mass is 16.5. The largest absolute Gasteiger partial charge is 0.483 e. The van der Waals surface area contributed by atoms with Crippen molar-refractivity contribution in [1.82, 2.24) is 10.2 Å². The number of ether oxygens (including phenoxy) is 1. The van der Waals surface area contributed by atoms with Crippen LogP contribution in [0.3, 0.4) is 0 Å². The maximum Gasteiger partial charge on any atom is 0.260 e. The molecule has 1 atom stereocenters. The molecule has 0 bridgehead atoms. The van der Waals surface area contributed by atoms with Gasteiger partial charge in [-0.15, -0.1) is 0 Å².